The maximum Gasteiger partial charge on any atom is 0.311 e. The van der Waals surface area contributed by atoms with Gasteiger partial charge in [0.25, 0.3) is 11.5 Å². The number of ether oxygens (including phenoxy) is 1. The van der Waals surface area contributed by atoms with E-state index < -0.39 is 29.9 Å². The summed E-state index contributed by atoms with van der Waals surface area (Å²) in [6.07, 6.45) is 3.05. The number of aliphatic hydroxyl groups is 1. The van der Waals surface area contributed by atoms with Crippen molar-refractivity contribution < 1.29 is 19.4 Å². The van der Waals surface area contributed by atoms with Crippen LogP contribution in [0, 0.1) is 11.8 Å². The van der Waals surface area contributed by atoms with Gasteiger partial charge in [0.1, 0.15) is 0 Å². The van der Waals surface area contributed by atoms with Gasteiger partial charge >= 0.3 is 5.97 Å². The number of methoxy groups -OCH3 is 1. The van der Waals surface area contributed by atoms with Crippen LogP contribution in [0.3, 0.4) is 0 Å². The molecule has 8 nitrogen and oxygen atoms in total. The predicted octanol–water partition coefficient (Wildman–Crippen LogP) is 0.983. The molecule has 0 unspecified atom stereocenters. The topological polar surface area (TPSA) is 102 Å². The molecule has 0 aliphatic carbocycles. The summed E-state index contributed by atoms with van der Waals surface area (Å²) in [5.74, 6) is -2.09. The third-order valence-electron chi connectivity index (χ3n) is 5.63. The van der Waals surface area contributed by atoms with Gasteiger partial charge in [-0.25, -0.2) is 0 Å². The second-order valence-electron chi connectivity index (χ2n) is 6.88. The van der Waals surface area contributed by atoms with Crippen LogP contribution in [0.2, 0.25) is 0 Å². The third kappa shape index (κ3) is 2.68. The average molecular weight is 448 g/mol. The summed E-state index contributed by atoms with van der Waals surface area (Å²) >= 11 is 3.24. The number of rotatable bonds is 3. The Morgan fingerprint density at radius 1 is 1.29 bits per heavy atom. The molecule has 4 rings (SSSR count). The molecule has 9 heteroatoms. The van der Waals surface area contributed by atoms with Crippen molar-refractivity contribution in [2.45, 2.75) is 18.6 Å². The molecule has 4 heterocycles. The van der Waals surface area contributed by atoms with Crippen molar-refractivity contribution in [3.8, 4) is 0 Å². The lowest BCUT2D eigenvalue weighted by molar-refractivity contribution is -0.148. The number of aliphatic hydroxyl groups excluding tert-OH is 1. The Balaban J connectivity index is 1.90. The minimum Gasteiger partial charge on any atom is -0.469 e. The zero-order chi connectivity index (χ0) is 20.0. The number of halogens is 1. The van der Waals surface area contributed by atoms with Crippen molar-refractivity contribution in [2.24, 2.45) is 11.8 Å². The lowest BCUT2D eigenvalue weighted by atomic mass is 9.87. The quantitative estimate of drug-likeness (QED) is 0.703. The zero-order valence-corrected chi connectivity index (χ0v) is 16.6. The van der Waals surface area contributed by atoms with Crippen LogP contribution in [0.25, 0.3) is 0 Å². The van der Waals surface area contributed by atoms with Gasteiger partial charge in [-0.3, -0.25) is 19.4 Å². The molecule has 1 amide bonds. The first-order valence-electron chi connectivity index (χ1n) is 8.80. The lowest BCUT2D eigenvalue weighted by Crippen LogP contribution is -2.49. The number of hydrogen-bond donors (Lipinski definition) is 1. The van der Waals surface area contributed by atoms with Crippen LogP contribution in [0.5, 0.6) is 0 Å². The number of aromatic nitrogens is 2. The molecule has 1 saturated heterocycles. The van der Waals surface area contributed by atoms with Crippen molar-refractivity contribution in [1.29, 1.82) is 0 Å². The fraction of sp³-hybridized carbons (Fsp3) is 0.368. The molecule has 2 aromatic rings. The molecular formula is C19H18BrN3O5. The molecule has 0 saturated carbocycles. The number of amides is 1. The first-order valence-corrected chi connectivity index (χ1v) is 9.59. The number of fused-ring (bicyclic) bond motifs is 4. The molecule has 4 atom stereocenters. The van der Waals surface area contributed by atoms with Crippen LogP contribution in [-0.2, 0) is 16.1 Å². The average Bonchev–Trinajstić information content (AvgIpc) is 2.97. The van der Waals surface area contributed by atoms with Gasteiger partial charge in [0.2, 0.25) is 0 Å². The predicted molar refractivity (Wildman–Crippen MR) is 101 cm³/mol. The molecule has 2 bridgehead atoms. The highest BCUT2D eigenvalue weighted by molar-refractivity contribution is 9.10. The summed E-state index contributed by atoms with van der Waals surface area (Å²) in [6, 6.07) is 5.33. The summed E-state index contributed by atoms with van der Waals surface area (Å²) in [5.41, 5.74) is 0.754. The summed E-state index contributed by atoms with van der Waals surface area (Å²) < 4.78 is 6.96. The highest BCUT2D eigenvalue weighted by atomic mass is 79.9. The van der Waals surface area contributed by atoms with Crippen molar-refractivity contribution in [2.75, 3.05) is 13.7 Å². The lowest BCUT2D eigenvalue weighted by Gasteiger charge is -2.38. The smallest absolute Gasteiger partial charge is 0.311 e. The van der Waals surface area contributed by atoms with E-state index in [0.29, 0.717) is 15.7 Å². The van der Waals surface area contributed by atoms with Crippen LogP contribution in [-0.4, -0.2) is 51.2 Å². The Bertz CT molecular complexity index is 993. The van der Waals surface area contributed by atoms with Gasteiger partial charge < -0.3 is 19.3 Å². The fourth-order valence-electron chi connectivity index (χ4n) is 4.40. The van der Waals surface area contributed by atoms with Gasteiger partial charge in [-0.05, 0) is 40.2 Å². The zero-order valence-electron chi connectivity index (χ0n) is 15.0. The highest BCUT2D eigenvalue weighted by Crippen LogP contribution is 2.49. The Hall–Kier alpha value is -2.52. The van der Waals surface area contributed by atoms with Crippen molar-refractivity contribution in [3.63, 3.8) is 0 Å². The molecule has 2 aromatic heterocycles. The minimum atomic E-state index is -0.764. The standard InChI is InChI=1S/C19H18BrN3O5/c1-28-19(27)15-11(9-24)14-8-22-13(3-2-12(20)18(22)26)16(15)23(14)17(25)10-4-6-21-7-5-10/h2-7,11,14-16,24H,8-9H2,1H3/t11-,14-,15+,16+/m0/s1. The summed E-state index contributed by atoms with van der Waals surface area (Å²) in [6.45, 7) is -0.107. The van der Waals surface area contributed by atoms with E-state index in [2.05, 4.69) is 20.9 Å². The van der Waals surface area contributed by atoms with Crippen LogP contribution < -0.4 is 5.56 Å². The van der Waals surface area contributed by atoms with Crippen molar-refractivity contribution in [1.82, 2.24) is 14.5 Å². The van der Waals surface area contributed by atoms with Crippen LogP contribution in [0.4, 0.5) is 0 Å². The van der Waals surface area contributed by atoms with Crippen LogP contribution in [0.1, 0.15) is 22.1 Å². The first kappa shape index (κ1) is 18.8. The van der Waals surface area contributed by atoms with Crippen LogP contribution >= 0.6 is 15.9 Å². The van der Waals surface area contributed by atoms with E-state index in [0.717, 1.165) is 0 Å². The second-order valence-corrected chi connectivity index (χ2v) is 7.73. The van der Waals surface area contributed by atoms with Gasteiger partial charge in [0.15, 0.2) is 0 Å². The minimum absolute atomic E-state index is 0.194. The molecule has 0 spiro atoms. The molecule has 28 heavy (non-hydrogen) atoms. The third-order valence-corrected chi connectivity index (χ3v) is 6.24. The maximum atomic E-state index is 13.3. The van der Waals surface area contributed by atoms with E-state index in [4.69, 9.17) is 4.74 Å². The number of carbonyl (C=O) groups excluding carboxylic acids is 2. The highest BCUT2D eigenvalue weighted by Gasteiger charge is 2.58. The van der Waals surface area contributed by atoms with Gasteiger partial charge in [0, 0.05) is 42.7 Å². The van der Waals surface area contributed by atoms with Crippen molar-refractivity contribution >= 4 is 27.8 Å². The van der Waals surface area contributed by atoms with E-state index in [1.807, 2.05) is 0 Å². The number of pyridine rings is 2. The normalized spacial score (nSPS) is 25.3. The van der Waals surface area contributed by atoms with E-state index in [1.54, 1.807) is 33.7 Å². The molecule has 2 aliphatic rings. The maximum absolute atomic E-state index is 13.3. The first-order chi connectivity index (χ1) is 13.5. The number of carbonyl (C=O) groups is 2. The molecule has 0 aromatic carbocycles. The van der Waals surface area contributed by atoms with E-state index in [9.17, 15) is 19.5 Å². The number of esters is 1. The Morgan fingerprint density at radius 3 is 2.64 bits per heavy atom. The number of hydrogen-bond acceptors (Lipinski definition) is 6. The molecule has 2 aliphatic heterocycles. The van der Waals surface area contributed by atoms with Gasteiger partial charge in [0.05, 0.1) is 29.6 Å². The van der Waals surface area contributed by atoms with Gasteiger partial charge in [-0.1, -0.05) is 0 Å². The summed E-state index contributed by atoms with van der Waals surface area (Å²) in [5, 5.41) is 10.0. The summed E-state index contributed by atoms with van der Waals surface area (Å²) in [7, 11) is 1.28. The van der Waals surface area contributed by atoms with Gasteiger partial charge in [-0.2, -0.15) is 0 Å². The Labute approximate surface area is 168 Å². The Morgan fingerprint density at radius 2 is 2.00 bits per heavy atom. The molecule has 146 valence electrons. The second kappa shape index (κ2) is 7.14. The van der Waals surface area contributed by atoms with E-state index >= 15 is 0 Å². The fourth-order valence-corrected chi connectivity index (χ4v) is 4.75. The molecule has 0 radical (unpaired) electrons. The van der Waals surface area contributed by atoms with Crippen molar-refractivity contribution in [3.05, 3.63) is 62.7 Å². The van der Waals surface area contributed by atoms with E-state index in [1.165, 1.54) is 19.5 Å². The molecule has 1 N–H and O–H groups in total. The van der Waals surface area contributed by atoms with E-state index in [-0.39, 0.29) is 24.6 Å². The molecular weight excluding hydrogens is 430 g/mol. The number of nitrogens with zero attached hydrogens (tertiary/aromatic N) is 3. The Kier molecular flexibility index (Phi) is 4.80. The summed E-state index contributed by atoms with van der Waals surface area (Å²) in [4.78, 5) is 44.1. The van der Waals surface area contributed by atoms with Gasteiger partial charge in [-0.15, -0.1) is 0 Å². The monoisotopic (exact) mass is 447 g/mol. The molecule has 1 fully saturated rings. The van der Waals surface area contributed by atoms with Crippen LogP contribution in [0.15, 0.2) is 45.9 Å². The largest absolute Gasteiger partial charge is 0.469 e. The SMILES string of the molecule is COC(=O)[C@@H]1[C@@H](CO)[C@@H]2Cn3c(ccc(Br)c3=O)[C@H]1N2C(=O)c1ccncc1.